The first kappa shape index (κ1) is 18.4. The van der Waals surface area contributed by atoms with Gasteiger partial charge < -0.3 is 14.9 Å². The zero-order valence-electron chi connectivity index (χ0n) is 14.9. The molecule has 2 fully saturated rings. The molecule has 1 spiro atoms. The first-order chi connectivity index (χ1) is 12.4. The summed E-state index contributed by atoms with van der Waals surface area (Å²) in [6.07, 6.45) is 3.56. The van der Waals surface area contributed by atoms with E-state index in [1.165, 1.54) is 10.8 Å². The Kier molecular flexibility index (Phi) is 4.99. The molecule has 0 saturated carbocycles. The Morgan fingerprint density at radius 2 is 2.04 bits per heavy atom. The van der Waals surface area contributed by atoms with Crippen LogP contribution in [-0.4, -0.2) is 69.1 Å². The van der Waals surface area contributed by atoms with Gasteiger partial charge in [-0.05, 0) is 26.2 Å². The highest BCUT2D eigenvalue weighted by Gasteiger charge is 2.49. The number of likely N-dealkylation sites (tertiary alicyclic amines) is 2. The second-order valence-electron chi connectivity index (χ2n) is 7.16. The number of aliphatic hydroxyl groups excluding tert-OH is 1. The monoisotopic (exact) mass is 364 g/mol. The highest BCUT2D eigenvalue weighted by Crippen LogP contribution is 2.40. The third kappa shape index (κ3) is 3.31. The molecule has 1 aromatic rings. The maximum Gasteiger partial charge on any atom is 0.328 e. The van der Waals surface area contributed by atoms with Crippen LogP contribution in [0.4, 0.5) is 0 Å². The number of hydrogen-bond donors (Lipinski definition) is 2. The highest BCUT2D eigenvalue weighted by atomic mass is 16.3. The van der Waals surface area contributed by atoms with Crippen LogP contribution in [0.15, 0.2) is 15.8 Å². The summed E-state index contributed by atoms with van der Waals surface area (Å²) in [5.74, 6) is -0.243. The van der Waals surface area contributed by atoms with Gasteiger partial charge in [-0.2, -0.15) is 0 Å². The molecule has 2 aliphatic heterocycles. The lowest BCUT2D eigenvalue weighted by atomic mass is 9.78. The van der Waals surface area contributed by atoms with Crippen molar-refractivity contribution in [1.29, 1.82) is 0 Å². The molecule has 1 aromatic heterocycles. The number of carbonyl (C=O) groups excluding carboxylic acids is 2. The van der Waals surface area contributed by atoms with E-state index in [-0.39, 0.29) is 25.0 Å². The van der Waals surface area contributed by atoms with Gasteiger partial charge in [-0.25, -0.2) is 4.79 Å². The fourth-order valence-corrected chi connectivity index (χ4v) is 3.93. The molecule has 0 radical (unpaired) electrons. The fraction of sp³-hybridized carbons (Fsp3) is 0.647. The Morgan fingerprint density at radius 1 is 1.27 bits per heavy atom. The Hall–Kier alpha value is -2.42. The number of aliphatic hydroxyl groups is 1. The number of carbonyl (C=O) groups is 2. The predicted octanol–water partition coefficient (Wildman–Crippen LogP) is -1.32. The lowest BCUT2D eigenvalue weighted by Gasteiger charge is -2.39. The topological polar surface area (TPSA) is 116 Å². The Labute approximate surface area is 150 Å². The van der Waals surface area contributed by atoms with Crippen molar-refractivity contribution in [2.24, 2.45) is 5.41 Å². The minimum Gasteiger partial charge on any atom is -0.395 e. The average molecular weight is 364 g/mol. The molecule has 26 heavy (non-hydrogen) atoms. The number of H-pyrrole nitrogens is 1. The number of rotatable bonds is 4. The number of nitrogens with one attached hydrogen (secondary N) is 1. The van der Waals surface area contributed by atoms with Crippen molar-refractivity contribution in [2.75, 3.05) is 32.8 Å². The van der Waals surface area contributed by atoms with E-state index in [2.05, 4.69) is 4.98 Å². The van der Waals surface area contributed by atoms with Crippen molar-refractivity contribution >= 4 is 11.8 Å². The maximum atomic E-state index is 12.8. The van der Waals surface area contributed by atoms with Crippen molar-refractivity contribution in [3.63, 3.8) is 0 Å². The van der Waals surface area contributed by atoms with E-state index in [4.69, 9.17) is 5.11 Å². The molecular weight excluding hydrogens is 340 g/mol. The lowest BCUT2D eigenvalue weighted by Crippen LogP contribution is -2.51. The Balaban J connectivity index is 1.71. The fourth-order valence-electron chi connectivity index (χ4n) is 3.93. The molecule has 2 saturated heterocycles. The SMILES string of the molecule is Cc1cn(CC(=O)N2CC[C@]3(CCCN(CCO)C3=O)C2)c(=O)[nH]c1=O. The number of aryl methyl sites for hydroxylation is 1. The van der Waals surface area contributed by atoms with Gasteiger partial charge in [0.05, 0.1) is 12.0 Å². The molecule has 9 nitrogen and oxygen atoms in total. The van der Waals surface area contributed by atoms with Gasteiger partial charge in [0.15, 0.2) is 0 Å². The molecule has 1 atom stereocenters. The Morgan fingerprint density at radius 3 is 2.77 bits per heavy atom. The summed E-state index contributed by atoms with van der Waals surface area (Å²) < 4.78 is 1.19. The largest absolute Gasteiger partial charge is 0.395 e. The van der Waals surface area contributed by atoms with E-state index < -0.39 is 16.7 Å². The predicted molar refractivity (Wildman–Crippen MR) is 92.6 cm³/mol. The van der Waals surface area contributed by atoms with Crippen molar-refractivity contribution < 1.29 is 14.7 Å². The highest BCUT2D eigenvalue weighted by molar-refractivity contribution is 5.86. The first-order valence-electron chi connectivity index (χ1n) is 8.85. The number of aromatic nitrogens is 2. The molecule has 9 heteroatoms. The minimum atomic E-state index is -0.620. The molecular formula is C17H24N4O5. The summed E-state index contributed by atoms with van der Waals surface area (Å²) in [6, 6.07) is 0. The second-order valence-corrected chi connectivity index (χ2v) is 7.16. The van der Waals surface area contributed by atoms with Gasteiger partial charge in [0.25, 0.3) is 5.56 Å². The molecule has 2 aliphatic rings. The van der Waals surface area contributed by atoms with Crippen molar-refractivity contribution in [3.05, 3.63) is 32.6 Å². The number of nitrogens with zero attached hydrogens (tertiary/aromatic N) is 3. The van der Waals surface area contributed by atoms with E-state index in [0.717, 1.165) is 12.8 Å². The van der Waals surface area contributed by atoms with E-state index in [1.807, 2.05) is 0 Å². The summed E-state index contributed by atoms with van der Waals surface area (Å²) >= 11 is 0. The van der Waals surface area contributed by atoms with E-state index in [9.17, 15) is 19.2 Å². The van der Waals surface area contributed by atoms with Gasteiger partial charge >= 0.3 is 5.69 Å². The van der Waals surface area contributed by atoms with Crippen LogP contribution < -0.4 is 11.2 Å². The van der Waals surface area contributed by atoms with Gasteiger partial charge in [0.2, 0.25) is 11.8 Å². The molecule has 2 N–H and O–H groups in total. The van der Waals surface area contributed by atoms with Crippen LogP contribution in [0.5, 0.6) is 0 Å². The minimum absolute atomic E-state index is 0.00477. The number of aromatic amines is 1. The summed E-state index contributed by atoms with van der Waals surface area (Å²) in [5.41, 5.74) is -1.30. The number of hydrogen-bond acceptors (Lipinski definition) is 5. The first-order valence-corrected chi connectivity index (χ1v) is 8.85. The van der Waals surface area contributed by atoms with Crippen LogP contribution >= 0.6 is 0 Å². The lowest BCUT2D eigenvalue weighted by molar-refractivity contribution is -0.146. The van der Waals surface area contributed by atoms with Crippen molar-refractivity contribution in [1.82, 2.24) is 19.4 Å². The van der Waals surface area contributed by atoms with Gasteiger partial charge in [0.1, 0.15) is 6.54 Å². The van der Waals surface area contributed by atoms with Crippen LogP contribution in [0.1, 0.15) is 24.8 Å². The summed E-state index contributed by atoms with van der Waals surface area (Å²) in [7, 11) is 0. The molecule has 0 aromatic carbocycles. The van der Waals surface area contributed by atoms with Crippen LogP contribution in [0.25, 0.3) is 0 Å². The van der Waals surface area contributed by atoms with Gasteiger partial charge in [-0.3, -0.25) is 23.9 Å². The van der Waals surface area contributed by atoms with Crippen LogP contribution in [0, 0.1) is 12.3 Å². The zero-order chi connectivity index (χ0) is 18.9. The van der Waals surface area contributed by atoms with Crippen LogP contribution in [-0.2, 0) is 16.1 Å². The normalized spacial score (nSPS) is 23.1. The van der Waals surface area contributed by atoms with Gasteiger partial charge in [-0.1, -0.05) is 0 Å². The third-order valence-electron chi connectivity index (χ3n) is 5.40. The van der Waals surface area contributed by atoms with Crippen molar-refractivity contribution in [2.45, 2.75) is 32.7 Å². The zero-order valence-corrected chi connectivity index (χ0v) is 14.9. The molecule has 3 rings (SSSR count). The summed E-state index contributed by atoms with van der Waals surface area (Å²) in [6.45, 7) is 3.10. The van der Waals surface area contributed by atoms with E-state index in [1.54, 1.807) is 16.7 Å². The molecule has 0 aliphatic carbocycles. The smallest absolute Gasteiger partial charge is 0.328 e. The van der Waals surface area contributed by atoms with Crippen LogP contribution in [0.2, 0.25) is 0 Å². The molecule has 142 valence electrons. The summed E-state index contributed by atoms with van der Waals surface area (Å²) in [4.78, 5) is 54.2. The second kappa shape index (κ2) is 7.06. The Bertz CT molecular complexity index is 827. The molecule has 0 bridgehead atoms. The quantitative estimate of drug-likeness (QED) is 0.687. The number of piperidine rings is 1. The number of β-amino-alcohol motifs (C(OH)–C–C–N with tert-alkyl or cyclic N) is 1. The van der Waals surface area contributed by atoms with Gasteiger partial charge in [0, 0.05) is 37.9 Å². The van der Waals surface area contributed by atoms with E-state index in [0.29, 0.717) is 38.2 Å². The maximum absolute atomic E-state index is 12.8. The third-order valence-corrected chi connectivity index (χ3v) is 5.40. The molecule has 2 amide bonds. The number of amides is 2. The van der Waals surface area contributed by atoms with Crippen molar-refractivity contribution in [3.8, 4) is 0 Å². The molecule has 0 unspecified atom stereocenters. The molecule has 3 heterocycles. The van der Waals surface area contributed by atoms with Gasteiger partial charge in [-0.15, -0.1) is 0 Å². The summed E-state index contributed by atoms with van der Waals surface area (Å²) in [5, 5.41) is 9.12. The van der Waals surface area contributed by atoms with E-state index >= 15 is 0 Å². The standard InChI is InChI=1S/C17H24N4O5/c1-12-9-21(16(26)18-14(12)24)10-13(23)20-6-4-17(11-20)3-2-5-19(7-8-22)15(17)25/h9,22H,2-8,10-11H2,1H3,(H,18,24,26)/t17-/m1/s1. The average Bonchev–Trinajstić information content (AvgIpc) is 3.02. The van der Waals surface area contributed by atoms with Crippen LogP contribution in [0.3, 0.4) is 0 Å².